The van der Waals surface area contributed by atoms with Gasteiger partial charge in [-0.15, -0.1) is 0 Å². The third-order valence-electron chi connectivity index (χ3n) is 12.7. The number of H-pyrrole nitrogens is 4. The first kappa shape index (κ1) is 61.6. The van der Waals surface area contributed by atoms with Crippen LogP contribution in [0.1, 0.15) is 25.5 Å². The van der Waals surface area contributed by atoms with Crippen LogP contribution in [0, 0.1) is 13.8 Å². The number of rotatable bonds is 1. The van der Waals surface area contributed by atoms with Crippen LogP contribution < -0.4 is 44.0 Å². The standard InChI is InChI=1S/C11H14Cl2N6.C8H10N4O2.C7H6Cl2N4.C7H8N4O2.C6H6N4O2.C5H12N2.C2H6/c1-17-3-5-19(6-4-17)11-16-9-7(18(11)2)8(12)14-10(13)15-9;1-4-9-6-5(11(4)2)7(13)10-8(14)12(6)3;1-3-10-6-4(13(3)2)5(8)11-7(9)12-6;1-10-3-8-5-4(10)6(12)9-7(13)11(5)2;1-10-4-3(7-2-8-4)5(11)9-6(10)12;1-7-4-2-6-3-5-7;1-2/h3-6H2,1-2H3;1-3H3,(H,10,13,14);1-2H3;3H,1-2H3,(H,9,12,13);2H,1H3,(H,7,8)(H,9,11,12);6H,2-5H2,1H3;1-2H3. The Morgan fingerprint density at radius 3 is 1.48 bits per heavy atom. The molecule has 10 aromatic rings. The van der Waals surface area contributed by atoms with Crippen LogP contribution in [-0.2, 0) is 49.3 Å². The van der Waals surface area contributed by atoms with Crippen molar-refractivity contribution in [2.24, 2.45) is 49.3 Å². The highest BCUT2D eigenvalue weighted by molar-refractivity contribution is 6.35. The van der Waals surface area contributed by atoms with E-state index in [1.165, 1.54) is 39.4 Å². The molecule has 0 amide bonds. The molecule has 0 bridgehead atoms. The van der Waals surface area contributed by atoms with Gasteiger partial charge >= 0.3 is 17.1 Å². The molecule has 80 heavy (non-hydrogen) atoms. The number of likely N-dealkylation sites (N-methyl/N-ethyl adjacent to an activating group) is 2. The maximum atomic E-state index is 11.5. The summed E-state index contributed by atoms with van der Waals surface area (Å²) in [6, 6.07) is 0. The fourth-order valence-corrected chi connectivity index (χ4v) is 8.97. The molecule has 2 saturated heterocycles. The van der Waals surface area contributed by atoms with Crippen molar-refractivity contribution in [3.05, 3.63) is 108 Å². The van der Waals surface area contributed by atoms with E-state index >= 15 is 0 Å². The lowest BCUT2D eigenvalue weighted by Crippen LogP contribution is -2.45. The first-order valence-corrected chi connectivity index (χ1v) is 26.1. The van der Waals surface area contributed by atoms with Crippen molar-refractivity contribution in [1.82, 2.24) is 112 Å². The second-order valence-corrected chi connectivity index (χ2v) is 19.3. The Kier molecular flexibility index (Phi) is 20.5. The van der Waals surface area contributed by atoms with Crippen LogP contribution in [0.4, 0.5) is 5.95 Å². The molecule has 12 heterocycles. The summed E-state index contributed by atoms with van der Waals surface area (Å²) in [5.41, 5.74) is 2.24. The van der Waals surface area contributed by atoms with Crippen molar-refractivity contribution >= 4 is 108 Å². The quantitative estimate of drug-likeness (QED) is 0.114. The van der Waals surface area contributed by atoms with Crippen molar-refractivity contribution in [1.29, 1.82) is 0 Å². The van der Waals surface area contributed by atoms with Gasteiger partial charge in [0.1, 0.15) is 28.2 Å². The average molecular weight is 1190 g/mol. The highest BCUT2D eigenvalue weighted by Gasteiger charge is 2.22. The molecule has 12 rings (SSSR count). The predicted molar refractivity (Wildman–Crippen MR) is 309 cm³/mol. The molecule has 5 N–H and O–H groups in total. The third kappa shape index (κ3) is 13.7. The van der Waals surface area contributed by atoms with Gasteiger partial charge in [-0.2, -0.15) is 15.0 Å². The van der Waals surface area contributed by atoms with E-state index < -0.39 is 33.7 Å². The van der Waals surface area contributed by atoms with Crippen LogP contribution in [0.3, 0.4) is 0 Å². The molecular formula is C46H62Cl4N24O6. The number of fused-ring (bicyclic) bond motifs is 5. The average Bonchev–Trinajstić information content (AvgIpc) is 4.25. The topological polar surface area (TPSA) is 338 Å². The molecular weight excluding hydrogens is 1130 g/mol. The monoisotopic (exact) mass is 1190 g/mol. The fraction of sp³-hybridized carbons (Fsp3) is 0.457. The summed E-state index contributed by atoms with van der Waals surface area (Å²) >= 11 is 23.4. The van der Waals surface area contributed by atoms with E-state index in [-0.39, 0.29) is 10.6 Å². The number of piperazine rings is 2. The van der Waals surface area contributed by atoms with Gasteiger partial charge in [0.05, 0.1) is 12.7 Å². The minimum Gasteiger partial charge on any atom is -0.340 e. The van der Waals surface area contributed by atoms with E-state index in [4.69, 9.17) is 46.4 Å². The van der Waals surface area contributed by atoms with Gasteiger partial charge in [-0.1, -0.05) is 37.0 Å². The van der Waals surface area contributed by atoms with Crippen LogP contribution in [0.5, 0.6) is 0 Å². The summed E-state index contributed by atoms with van der Waals surface area (Å²) < 4.78 is 10.9. The van der Waals surface area contributed by atoms with Crippen LogP contribution in [0.2, 0.25) is 20.9 Å². The maximum Gasteiger partial charge on any atom is 0.329 e. The normalized spacial score (nSPS) is 13.5. The molecule has 2 fully saturated rings. The van der Waals surface area contributed by atoms with E-state index in [1.807, 2.05) is 44.0 Å². The molecule has 0 aromatic carbocycles. The number of halogens is 4. The van der Waals surface area contributed by atoms with Crippen molar-refractivity contribution in [3.63, 3.8) is 0 Å². The summed E-state index contributed by atoms with van der Waals surface area (Å²) in [6.07, 6.45) is 2.87. The summed E-state index contributed by atoms with van der Waals surface area (Å²) in [5.74, 6) is 2.39. The van der Waals surface area contributed by atoms with E-state index in [1.54, 1.807) is 51.3 Å². The van der Waals surface area contributed by atoms with Crippen molar-refractivity contribution < 1.29 is 0 Å². The first-order chi connectivity index (χ1) is 37.9. The number of aromatic nitrogens is 20. The Bertz CT molecular complexity index is 4180. The number of nitrogens with one attached hydrogen (secondary N) is 5. The Hall–Kier alpha value is -7.61. The molecule has 2 aliphatic rings. The predicted octanol–water partition coefficient (Wildman–Crippen LogP) is 1.13. The number of hydrogen-bond acceptors (Lipinski definition) is 19. The zero-order valence-electron chi connectivity index (χ0n) is 46.3. The Morgan fingerprint density at radius 2 is 0.925 bits per heavy atom. The lowest BCUT2D eigenvalue weighted by Gasteiger charge is -2.32. The zero-order chi connectivity index (χ0) is 59.0. The minimum atomic E-state index is -0.459. The number of imidazole rings is 5. The summed E-state index contributed by atoms with van der Waals surface area (Å²) in [4.78, 5) is 120. The highest BCUT2D eigenvalue weighted by Crippen LogP contribution is 2.27. The number of nitrogens with zero attached hydrogens (tertiary/aromatic N) is 19. The Balaban J connectivity index is 0.000000157. The van der Waals surface area contributed by atoms with Gasteiger partial charge in [-0.25, -0.2) is 44.3 Å². The SMILES string of the molecule is CC.CN1CCN(c2nc3nc(Cl)nc(Cl)c3n2C)CC1.CN1CCNCC1.Cc1nc2c(c(=O)[nH]c(=O)n2C)n1C.Cc1nc2nc(Cl)nc(Cl)c2n1C.Cn1c(=O)[nH]c(=O)c2[nH]cnc21.Cn1cnc2c1c(=O)[nH]c(=O)n2C. The smallest absolute Gasteiger partial charge is 0.329 e. The van der Waals surface area contributed by atoms with E-state index in [0.29, 0.717) is 66.4 Å². The van der Waals surface area contributed by atoms with Gasteiger partial charge in [0.15, 0.2) is 49.6 Å². The van der Waals surface area contributed by atoms with Crippen LogP contribution in [0.15, 0.2) is 41.4 Å². The molecule has 30 nitrogen and oxygen atoms in total. The molecule has 0 atom stereocenters. The highest BCUT2D eigenvalue weighted by atomic mass is 35.5. The molecule has 0 unspecified atom stereocenters. The van der Waals surface area contributed by atoms with Gasteiger partial charge in [-0.3, -0.25) is 43.0 Å². The minimum absolute atomic E-state index is 0.121. The second-order valence-electron chi connectivity index (χ2n) is 17.9. The molecule has 0 spiro atoms. The zero-order valence-corrected chi connectivity index (χ0v) is 49.3. The molecule has 0 aliphatic carbocycles. The maximum absolute atomic E-state index is 11.5. The number of hydrogen-bond donors (Lipinski definition) is 5. The van der Waals surface area contributed by atoms with Crippen molar-refractivity contribution in [2.75, 3.05) is 71.4 Å². The van der Waals surface area contributed by atoms with Crippen LogP contribution in [0.25, 0.3) is 55.8 Å². The molecule has 2 aliphatic heterocycles. The largest absolute Gasteiger partial charge is 0.340 e. The lowest BCUT2D eigenvalue weighted by molar-refractivity contribution is 0.291. The number of aromatic amines is 4. The lowest BCUT2D eigenvalue weighted by atomic mass is 10.3. The number of anilines is 1. The van der Waals surface area contributed by atoms with Crippen molar-refractivity contribution in [3.8, 4) is 0 Å². The Labute approximate surface area is 474 Å². The third-order valence-corrected chi connectivity index (χ3v) is 13.5. The summed E-state index contributed by atoms with van der Waals surface area (Å²) in [6.45, 7) is 16.3. The first-order valence-electron chi connectivity index (χ1n) is 24.6. The molecule has 0 saturated carbocycles. The van der Waals surface area contributed by atoms with Gasteiger partial charge in [0.2, 0.25) is 16.5 Å². The van der Waals surface area contributed by atoms with Gasteiger partial charge < -0.3 is 43.3 Å². The molecule has 34 heteroatoms. The van der Waals surface area contributed by atoms with E-state index in [9.17, 15) is 28.8 Å². The van der Waals surface area contributed by atoms with Gasteiger partial charge in [-0.05, 0) is 51.1 Å². The van der Waals surface area contributed by atoms with Crippen LogP contribution in [-0.4, -0.2) is 173 Å². The fourth-order valence-electron chi connectivity index (χ4n) is 7.97. The molecule has 430 valence electrons. The van der Waals surface area contributed by atoms with E-state index in [2.05, 4.69) is 98.9 Å². The van der Waals surface area contributed by atoms with Crippen LogP contribution >= 0.6 is 46.4 Å². The summed E-state index contributed by atoms with van der Waals surface area (Å²) in [7, 11) is 16.2. The van der Waals surface area contributed by atoms with Gasteiger partial charge in [0.25, 0.3) is 16.7 Å². The molecule has 10 aromatic heterocycles. The summed E-state index contributed by atoms with van der Waals surface area (Å²) in [5, 5.41) is 4.19. The number of aryl methyl sites for hydroxylation is 9. The van der Waals surface area contributed by atoms with Crippen molar-refractivity contribution in [2.45, 2.75) is 27.7 Å². The second kappa shape index (κ2) is 26.6. The van der Waals surface area contributed by atoms with Gasteiger partial charge in [0, 0.05) is 102 Å². The molecule has 0 radical (unpaired) electrons. The Morgan fingerprint density at radius 1 is 0.463 bits per heavy atom. The van der Waals surface area contributed by atoms with E-state index in [0.717, 1.165) is 56.6 Å².